The Balaban J connectivity index is 1.61. The van der Waals surface area contributed by atoms with Gasteiger partial charge in [0.15, 0.2) is 11.5 Å². The molecule has 0 spiro atoms. The highest BCUT2D eigenvalue weighted by Crippen LogP contribution is 2.36. The Morgan fingerprint density at radius 2 is 1.79 bits per heavy atom. The second-order valence-corrected chi connectivity index (χ2v) is 8.09. The largest absolute Gasteiger partial charge is 0.493 e. The zero-order chi connectivity index (χ0) is 24.5. The number of para-hydroxylation sites is 1. The molecule has 0 bridgehead atoms. The number of nitrogens with one attached hydrogen (secondary N) is 2. The maximum absolute atomic E-state index is 13.7. The fourth-order valence-electron chi connectivity index (χ4n) is 2.87. The lowest BCUT2D eigenvalue weighted by Crippen LogP contribution is -2.34. The number of hydrazone groups is 1. The van der Waals surface area contributed by atoms with Crippen molar-refractivity contribution in [1.29, 1.82) is 0 Å². The van der Waals surface area contributed by atoms with Crippen LogP contribution < -0.4 is 20.2 Å². The average molecular weight is 528 g/mol. The summed E-state index contributed by atoms with van der Waals surface area (Å²) in [6.07, 6.45) is 1.41. The van der Waals surface area contributed by atoms with Gasteiger partial charge in [0.25, 0.3) is 5.91 Å². The van der Waals surface area contributed by atoms with E-state index in [9.17, 15) is 14.0 Å². The number of hydrogen-bond donors (Lipinski definition) is 2. The maximum Gasteiger partial charge on any atom is 0.252 e. The molecule has 3 aromatic rings. The van der Waals surface area contributed by atoms with Crippen LogP contribution in [0.5, 0.6) is 11.5 Å². The molecule has 1 unspecified atom stereocenters. The molecule has 2 N–H and O–H groups in total. The van der Waals surface area contributed by atoms with E-state index >= 15 is 0 Å². The number of carbonyl (C=O) groups excluding carboxylic acids is 2. The van der Waals surface area contributed by atoms with E-state index in [0.29, 0.717) is 28.1 Å². The molecule has 0 aromatic heterocycles. The first-order valence-corrected chi connectivity index (χ1v) is 11.1. The van der Waals surface area contributed by atoms with Crippen LogP contribution >= 0.6 is 15.9 Å². The minimum atomic E-state index is -1.09. The summed E-state index contributed by atoms with van der Waals surface area (Å²) >= 11 is 3.48. The molecular formula is C25H23BrFN3O4. The van der Waals surface area contributed by atoms with Gasteiger partial charge in [-0.3, -0.25) is 9.59 Å². The van der Waals surface area contributed by atoms with E-state index in [-0.39, 0.29) is 5.69 Å². The second kappa shape index (κ2) is 11.9. The number of methoxy groups -OCH3 is 1. The summed E-state index contributed by atoms with van der Waals surface area (Å²) in [6, 6.07) is 18.9. The molecule has 9 heteroatoms. The van der Waals surface area contributed by atoms with Crippen LogP contribution in [-0.2, 0) is 16.2 Å². The number of ether oxygens (including phenoxy) is 2. The molecule has 0 saturated heterocycles. The third kappa shape index (κ3) is 6.64. The molecule has 1 atom stereocenters. The van der Waals surface area contributed by atoms with Crippen LogP contribution in [0, 0.1) is 11.7 Å². The predicted molar refractivity (Wildman–Crippen MR) is 131 cm³/mol. The summed E-state index contributed by atoms with van der Waals surface area (Å²) in [5, 5.41) is 6.30. The van der Waals surface area contributed by atoms with Crippen LogP contribution in [0.25, 0.3) is 0 Å². The normalized spacial score (nSPS) is 11.6. The first kappa shape index (κ1) is 24.9. The number of hydrogen-bond acceptors (Lipinski definition) is 5. The van der Waals surface area contributed by atoms with Crippen molar-refractivity contribution >= 4 is 39.6 Å². The Labute approximate surface area is 205 Å². The minimum Gasteiger partial charge on any atom is -0.493 e. The topological polar surface area (TPSA) is 89.0 Å². The second-order valence-electron chi connectivity index (χ2n) is 7.23. The fourth-order valence-corrected chi connectivity index (χ4v) is 3.45. The van der Waals surface area contributed by atoms with Gasteiger partial charge in [-0.25, -0.2) is 9.82 Å². The van der Waals surface area contributed by atoms with Crippen molar-refractivity contribution in [2.24, 2.45) is 11.0 Å². The molecule has 0 radical (unpaired) electrons. The lowest BCUT2D eigenvalue weighted by Gasteiger charge is -2.13. The summed E-state index contributed by atoms with van der Waals surface area (Å²) in [6.45, 7) is 1.77. The van der Waals surface area contributed by atoms with Gasteiger partial charge < -0.3 is 14.8 Å². The SMILES string of the molecule is COc1cc(C=NNC(=O)C(C)C(=O)Nc2ccccc2F)cc(Br)c1OCc1ccccc1. The van der Waals surface area contributed by atoms with Crippen LogP contribution in [-0.4, -0.2) is 25.1 Å². The highest BCUT2D eigenvalue weighted by molar-refractivity contribution is 9.10. The Hall–Kier alpha value is -3.72. The summed E-state index contributed by atoms with van der Waals surface area (Å²) < 4.78 is 25.7. The zero-order valence-electron chi connectivity index (χ0n) is 18.5. The highest BCUT2D eigenvalue weighted by atomic mass is 79.9. The molecule has 3 rings (SSSR count). The van der Waals surface area contributed by atoms with E-state index in [1.54, 1.807) is 18.2 Å². The predicted octanol–water partition coefficient (Wildman–Crippen LogP) is 4.90. The van der Waals surface area contributed by atoms with Crippen LogP contribution in [0.1, 0.15) is 18.1 Å². The van der Waals surface area contributed by atoms with Gasteiger partial charge in [-0.15, -0.1) is 0 Å². The number of carbonyl (C=O) groups is 2. The first-order chi connectivity index (χ1) is 16.4. The lowest BCUT2D eigenvalue weighted by molar-refractivity contribution is -0.131. The van der Waals surface area contributed by atoms with E-state index in [1.165, 1.54) is 38.4 Å². The van der Waals surface area contributed by atoms with Gasteiger partial charge in [0.1, 0.15) is 18.3 Å². The molecule has 176 valence electrons. The van der Waals surface area contributed by atoms with Crippen molar-refractivity contribution in [3.63, 3.8) is 0 Å². The van der Waals surface area contributed by atoms with Crippen molar-refractivity contribution < 1.29 is 23.5 Å². The Morgan fingerprint density at radius 3 is 2.50 bits per heavy atom. The molecule has 0 fully saturated rings. The van der Waals surface area contributed by atoms with Crippen molar-refractivity contribution in [1.82, 2.24) is 5.43 Å². The molecule has 7 nitrogen and oxygen atoms in total. The van der Waals surface area contributed by atoms with Crippen molar-refractivity contribution in [3.05, 3.63) is 88.1 Å². The molecule has 3 aromatic carbocycles. The van der Waals surface area contributed by atoms with Crippen LogP contribution in [0.3, 0.4) is 0 Å². The number of halogens is 2. The highest BCUT2D eigenvalue weighted by Gasteiger charge is 2.22. The lowest BCUT2D eigenvalue weighted by atomic mass is 10.1. The smallest absolute Gasteiger partial charge is 0.252 e. The van der Waals surface area contributed by atoms with E-state index < -0.39 is 23.5 Å². The third-order valence-electron chi connectivity index (χ3n) is 4.78. The Bertz CT molecular complexity index is 1190. The molecule has 0 aliphatic rings. The number of amides is 2. The van der Waals surface area contributed by atoms with Gasteiger partial charge in [0, 0.05) is 0 Å². The summed E-state index contributed by atoms with van der Waals surface area (Å²) in [5.74, 6) is -1.95. The molecule has 0 saturated carbocycles. The quantitative estimate of drug-likeness (QED) is 0.235. The fraction of sp³-hybridized carbons (Fsp3) is 0.160. The molecule has 0 heterocycles. The van der Waals surface area contributed by atoms with E-state index in [4.69, 9.17) is 9.47 Å². The van der Waals surface area contributed by atoms with Gasteiger partial charge in [-0.05, 0) is 58.2 Å². The molecular weight excluding hydrogens is 505 g/mol. The van der Waals surface area contributed by atoms with E-state index in [1.807, 2.05) is 30.3 Å². The van der Waals surface area contributed by atoms with E-state index in [2.05, 4.69) is 31.8 Å². The number of benzene rings is 3. The number of rotatable bonds is 9. The molecule has 0 aliphatic carbocycles. The van der Waals surface area contributed by atoms with Crippen molar-refractivity contribution in [2.75, 3.05) is 12.4 Å². The molecule has 0 aliphatic heterocycles. The van der Waals surface area contributed by atoms with E-state index in [0.717, 1.165) is 5.56 Å². The van der Waals surface area contributed by atoms with Gasteiger partial charge in [0.05, 0.1) is 23.5 Å². The summed E-state index contributed by atoms with van der Waals surface area (Å²) in [4.78, 5) is 24.5. The summed E-state index contributed by atoms with van der Waals surface area (Å²) in [7, 11) is 1.52. The van der Waals surface area contributed by atoms with Gasteiger partial charge in [-0.2, -0.15) is 5.10 Å². The van der Waals surface area contributed by atoms with Gasteiger partial charge in [-0.1, -0.05) is 42.5 Å². The van der Waals surface area contributed by atoms with Gasteiger partial charge >= 0.3 is 0 Å². The number of anilines is 1. The zero-order valence-corrected chi connectivity index (χ0v) is 20.1. The Morgan fingerprint density at radius 1 is 1.09 bits per heavy atom. The molecule has 2 amide bonds. The standard InChI is InChI=1S/C25H23BrFN3O4/c1-16(24(31)29-21-11-7-6-10-20(21)27)25(32)30-28-14-18-12-19(26)23(22(13-18)33-2)34-15-17-8-4-3-5-9-17/h3-14,16H,15H2,1-2H3,(H,29,31)(H,30,32). The molecule has 34 heavy (non-hydrogen) atoms. The van der Waals surface area contributed by atoms with Crippen molar-refractivity contribution in [2.45, 2.75) is 13.5 Å². The monoisotopic (exact) mass is 527 g/mol. The first-order valence-electron chi connectivity index (χ1n) is 10.3. The van der Waals surface area contributed by atoms with Crippen molar-refractivity contribution in [3.8, 4) is 11.5 Å². The Kier molecular flexibility index (Phi) is 8.75. The van der Waals surface area contributed by atoms with Crippen LogP contribution in [0.4, 0.5) is 10.1 Å². The van der Waals surface area contributed by atoms with Crippen LogP contribution in [0.2, 0.25) is 0 Å². The average Bonchev–Trinajstić information content (AvgIpc) is 2.84. The van der Waals surface area contributed by atoms with Crippen LogP contribution in [0.15, 0.2) is 76.3 Å². The minimum absolute atomic E-state index is 0.00201. The summed E-state index contributed by atoms with van der Waals surface area (Å²) in [5.41, 5.74) is 3.96. The van der Waals surface area contributed by atoms with Gasteiger partial charge in [0.2, 0.25) is 5.91 Å². The third-order valence-corrected chi connectivity index (χ3v) is 5.37. The maximum atomic E-state index is 13.7. The number of nitrogens with zero attached hydrogens (tertiary/aromatic N) is 1.